The quantitative estimate of drug-likeness (QED) is 0.476. The van der Waals surface area contributed by atoms with Gasteiger partial charge in [0.15, 0.2) is 0 Å². The lowest BCUT2D eigenvalue weighted by Gasteiger charge is -2.33. The Hall–Kier alpha value is -0.200. The van der Waals surface area contributed by atoms with Crippen LogP contribution in [0.2, 0.25) is 0 Å². The summed E-state index contributed by atoms with van der Waals surface area (Å²) < 4.78 is 21.3. The van der Waals surface area contributed by atoms with E-state index in [0.29, 0.717) is 45.7 Å². The van der Waals surface area contributed by atoms with Crippen molar-refractivity contribution in [1.29, 1.82) is 0 Å². The fourth-order valence-corrected chi connectivity index (χ4v) is 2.01. The van der Waals surface area contributed by atoms with E-state index in [2.05, 4.69) is 25.7 Å². The molecule has 0 aromatic rings. The van der Waals surface area contributed by atoms with Crippen LogP contribution in [-0.4, -0.2) is 77.4 Å². The van der Waals surface area contributed by atoms with Crippen molar-refractivity contribution in [3.8, 4) is 0 Å². The Morgan fingerprint density at radius 2 is 1.32 bits per heavy atom. The first-order valence-corrected chi connectivity index (χ1v) is 7.06. The van der Waals surface area contributed by atoms with Gasteiger partial charge in [0.05, 0.1) is 45.7 Å². The number of ether oxygens (including phenoxy) is 4. The van der Waals surface area contributed by atoms with E-state index >= 15 is 0 Å². The first-order valence-electron chi connectivity index (χ1n) is 7.06. The predicted octanol–water partition coefficient (Wildman–Crippen LogP) is 1.41. The van der Waals surface area contributed by atoms with Gasteiger partial charge in [-0.2, -0.15) is 0 Å². The highest BCUT2D eigenvalue weighted by atomic mass is 16.5. The van der Waals surface area contributed by atoms with Gasteiger partial charge in [-0.3, -0.25) is 4.90 Å². The Labute approximate surface area is 118 Å². The van der Waals surface area contributed by atoms with Crippen LogP contribution < -0.4 is 0 Å². The summed E-state index contributed by atoms with van der Waals surface area (Å²) in [5.41, 5.74) is 0. The molecule has 0 radical (unpaired) electrons. The summed E-state index contributed by atoms with van der Waals surface area (Å²) in [6.07, 6.45) is 0. The van der Waals surface area contributed by atoms with Gasteiger partial charge in [-0.15, -0.1) is 0 Å². The highest BCUT2D eigenvalue weighted by Crippen LogP contribution is 2.07. The molecule has 0 bridgehead atoms. The minimum absolute atomic E-state index is 0.277. The highest BCUT2D eigenvalue weighted by Gasteiger charge is 2.20. The summed E-state index contributed by atoms with van der Waals surface area (Å²) in [6, 6.07) is 0.755. The molecule has 19 heavy (non-hydrogen) atoms. The minimum Gasteiger partial charge on any atom is -0.382 e. The molecule has 0 unspecified atom stereocenters. The third-order valence-electron chi connectivity index (χ3n) is 2.98. The van der Waals surface area contributed by atoms with Gasteiger partial charge in [0.1, 0.15) is 0 Å². The summed E-state index contributed by atoms with van der Waals surface area (Å²) >= 11 is 0. The van der Waals surface area contributed by atoms with E-state index in [1.807, 2.05) is 0 Å². The van der Waals surface area contributed by atoms with Gasteiger partial charge in [0.25, 0.3) is 0 Å². The number of nitrogens with zero attached hydrogens (tertiary/aromatic N) is 1. The fourth-order valence-electron chi connectivity index (χ4n) is 2.01. The molecule has 5 heteroatoms. The Morgan fingerprint density at radius 1 is 0.842 bits per heavy atom. The maximum Gasteiger partial charge on any atom is 0.0701 e. The molecule has 0 aliphatic heterocycles. The SMILES string of the molecule is CCN(C(C)C)C(COCCOC)COCCOC. The van der Waals surface area contributed by atoms with Crippen molar-refractivity contribution in [3.63, 3.8) is 0 Å². The Balaban J connectivity index is 4.12. The minimum atomic E-state index is 0.277. The van der Waals surface area contributed by atoms with Crippen LogP contribution in [-0.2, 0) is 18.9 Å². The van der Waals surface area contributed by atoms with Crippen molar-refractivity contribution in [1.82, 2.24) is 4.90 Å². The summed E-state index contributed by atoms with van der Waals surface area (Å²) in [5, 5.41) is 0. The molecule has 116 valence electrons. The van der Waals surface area contributed by atoms with Gasteiger partial charge < -0.3 is 18.9 Å². The third-order valence-corrected chi connectivity index (χ3v) is 2.98. The van der Waals surface area contributed by atoms with E-state index in [1.165, 1.54) is 0 Å². The second-order valence-electron chi connectivity index (χ2n) is 4.71. The second kappa shape index (κ2) is 12.8. The molecule has 0 aromatic heterocycles. The molecule has 0 heterocycles. The molecular weight excluding hydrogens is 246 g/mol. The Bertz CT molecular complexity index is 178. The highest BCUT2D eigenvalue weighted by molar-refractivity contribution is 4.73. The van der Waals surface area contributed by atoms with Crippen LogP contribution in [0.1, 0.15) is 20.8 Å². The number of likely N-dealkylation sites (N-methyl/N-ethyl adjacent to an activating group) is 1. The molecule has 0 saturated heterocycles. The summed E-state index contributed by atoms with van der Waals surface area (Å²) in [7, 11) is 3.36. The topological polar surface area (TPSA) is 40.2 Å². The predicted molar refractivity (Wildman–Crippen MR) is 76.7 cm³/mol. The van der Waals surface area contributed by atoms with Gasteiger partial charge in [-0.05, 0) is 20.4 Å². The van der Waals surface area contributed by atoms with Crippen LogP contribution >= 0.6 is 0 Å². The molecule has 0 saturated carbocycles. The monoisotopic (exact) mass is 277 g/mol. The number of rotatable bonds is 13. The third kappa shape index (κ3) is 9.35. The lowest BCUT2D eigenvalue weighted by molar-refractivity contribution is -0.0231. The molecule has 5 nitrogen and oxygen atoms in total. The van der Waals surface area contributed by atoms with Gasteiger partial charge in [0.2, 0.25) is 0 Å². The number of methoxy groups -OCH3 is 2. The van der Waals surface area contributed by atoms with Crippen molar-refractivity contribution < 1.29 is 18.9 Å². The summed E-state index contributed by atoms with van der Waals surface area (Å²) in [6.45, 7) is 11.4. The molecular formula is C14H31NO4. The molecule has 0 fully saturated rings. The normalized spacial score (nSPS) is 12.0. The maximum atomic E-state index is 5.65. The summed E-state index contributed by atoms with van der Waals surface area (Å²) in [5.74, 6) is 0. The van der Waals surface area contributed by atoms with E-state index in [-0.39, 0.29) is 6.04 Å². The van der Waals surface area contributed by atoms with Crippen molar-refractivity contribution in [2.45, 2.75) is 32.9 Å². The van der Waals surface area contributed by atoms with Crippen molar-refractivity contribution in [2.24, 2.45) is 0 Å². The largest absolute Gasteiger partial charge is 0.382 e. The fraction of sp³-hybridized carbons (Fsp3) is 1.00. The van der Waals surface area contributed by atoms with E-state index in [1.54, 1.807) is 14.2 Å². The molecule has 0 aliphatic carbocycles. The smallest absolute Gasteiger partial charge is 0.0701 e. The van der Waals surface area contributed by atoms with Gasteiger partial charge in [0, 0.05) is 20.3 Å². The van der Waals surface area contributed by atoms with Crippen LogP contribution in [0.5, 0.6) is 0 Å². The van der Waals surface area contributed by atoms with Crippen molar-refractivity contribution in [2.75, 3.05) is 60.4 Å². The van der Waals surface area contributed by atoms with Crippen LogP contribution in [0.25, 0.3) is 0 Å². The summed E-state index contributed by atoms with van der Waals surface area (Å²) in [4.78, 5) is 2.39. The number of hydrogen-bond donors (Lipinski definition) is 0. The molecule has 0 aromatic carbocycles. The molecule has 0 atom stereocenters. The van der Waals surface area contributed by atoms with Crippen LogP contribution in [0.15, 0.2) is 0 Å². The molecule has 0 spiro atoms. The lowest BCUT2D eigenvalue weighted by atomic mass is 10.2. The van der Waals surface area contributed by atoms with Crippen LogP contribution in [0.3, 0.4) is 0 Å². The molecule has 0 amide bonds. The van der Waals surface area contributed by atoms with E-state index < -0.39 is 0 Å². The standard InChI is InChI=1S/C14H31NO4/c1-6-15(13(2)3)14(11-18-9-7-16-4)12-19-10-8-17-5/h13-14H,6-12H2,1-5H3. The molecule has 0 rings (SSSR count). The van der Waals surface area contributed by atoms with Crippen LogP contribution in [0, 0.1) is 0 Å². The number of hydrogen-bond acceptors (Lipinski definition) is 5. The zero-order chi connectivity index (χ0) is 14.5. The molecule has 0 aliphatic rings. The van der Waals surface area contributed by atoms with E-state index in [0.717, 1.165) is 6.54 Å². The molecule has 0 N–H and O–H groups in total. The second-order valence-corrected chi connectivity index (χ2v) is 4.71. The van der Waals surface area contributed by atoms with Gasteiger partial charge >= 0.3 is 0 Å². The zero-order valence-electron chi connectivity index (χ0n) is 13.2. The van der Waals surface area contributed by atoms with Gasteiger partial charge in [-0.25, -0.2) is 0 Å². The Morgan fingerprint density at radius 3 is 1.63 bits per heavy atom. The maximum absolute atomic E-state index is 5.65. The first-order chi connectivity index (χ1) is 9.17. The Kier molecular flexibility index (Phi) is 12.7. The van der Waals surface area contributed by atoms with E-state index in [9.17, 15) is 0 Å². The average Bonchev–Trinajstić information content (AvgIpc) is 2.39. The van der Waals surface area contributed by atoms with Crippen molar-refractivity contribution in [3.05, 3.63) is 0 Å². The first kappa shape index (κ1) is 18.8. The van der Waals surface area contributed by atoms with Gasteiger partial charge in [-0.1, -0.05) is 6.92 Å². The lowest BCUT2D eigenvalue weighted by Crippen LogP contribution is -2.46. The zero-order valence-corrected chi connectivity index (χ0v) is 13.2. The van der Waals surface area contributed by atoms with Crippen molar-refractivity contribution >= 4 is 0 Å². The van der Waals surface area contributed by atoms with E-state index in [4.69, 9.17) is 18.9 Å². The average molecular weight is 277 g/mol. The van der Waals surface area contributed by atoms with Crippen LogP contribution in [0.4, 0.5) is 0 Å².